The van der Waals surface area contributed by atoms with Gasteiger partial charge in [-0.05, 0) is 53.3 Å². The van der Waals surface area contributed by atoms with Crippen LogP contribution in [0.1, 0.15) is 18.1 Å². The number of phenolic OH excluding ortho intramolecular Hbond substituents is 4. The van der Waals surface area contributed by atoms with E-state index in [9.17, 15) is 35.7 Å². The first-order chi connectivity index (χ1) is 19.7. The molecule has 208 valence electrons. The van der Waals surface area contributed by atoms with Crippen molar-refractivity contribution < 1.29 is 35.7 Å². The Bertz CT molecular complexity index is 1660. The van der Waals surface area contributed by atoms with E-state index in [1.54, 1.807) is 54.6 Å². The van der Waals surface area contributed by atoms with Crippen LogP contribution in [0.2, 0.25) is 0 Å². The van der Waals surface area contributed by atoms with Crippen LogP contribution in [0.5, 0.6) is 23.0 Å². The lowest BCUT2D eigenvalue weighted by Crippen LogP contribution is -2.22. The van der Waals surface area contributed by atoms with Gasteiger partial charge >= 0.3 is 0 Å². The molecule has 0 spiro atoms. The van der Waals surface area contributed by atoms with Gasteiger partial charge in [0.2, 0.25) is 5.88 Å². The molecule has 1 atom stereocenters. The number of hydrogen-bond donors (Lipinski definition) is 7. The largest absolute Gasteiger partial charge is 0.505 e. The maximum atomic E-state index is 11.1. The molecule has 0 radical (unpaired) electrons. The molecule has 0 saturated carbocycles. The summed E-state index contributed by atoms with van der Waals surface area (Å²) in [7, 11) is 0. The van der Waals surface area contributed by atoms with Gasteiger partial charge in [-0.1, -0.05) is 85.0 Å². The Labute approximate surface area is 236 Å². The highest BCUT2D eigenvalue weighted by atomic mass is 16.4. The maximum Gasteiger partial charge on any atom is 0.238 e. The summed E-state index contributed by atoms with van der Waals surface area (Å²) in [5.74, 6) is -5.09. The third kappa shape index (κ3) is 4.92. The third-order valence-corrected chi connectivity index (χ3v) is 6.97. The Kier molecular flexibility index (Phi) is 7.33. The van der Waals surface area contributed by atoms with Gasteiger partial charge in [0.1, 0.15) is 11.8 Å². The molecular weight excluding hydrogens is 522 g/mol. The minimum Gasteiger partial charge on any atom is -0.505 e. The van der Waals surface area contributed by atoms with E-state index in [0.717, 1.165) is 33.6 Å². The molecule has 0 amide bonds. The molecule has 7 N–H and O–H groups in total. The number of fused-ring (bicyclic) bond motifs is 1. The van der Waals surface area contributed by atoms with Gasteiger partial charge in [0.05, 0.1) is 5.56 Å². The van der Waals surface area contributed by atoms with Crippen molar-refractivity contribution in [2.45, 2.75) is 19.4 Å². The van der Waals surface area contributed by atoms with E-state index in [4.69, 9.17) is 0 Å². The molecule has 0 aliphatic heterocycles. The second-order valence-corrected chi connectivity index (χ2v) is 9.62. The second-order valence-electron chi connectivity index (χ2n) is 9.62. The van der Waals surface area contributed by atoms with Crippen LogP contribution in [0.15, 0.2) is 103 Å². The number of hydrogen-bond acceptors (Lipinski definition) is 8. The molecule has 1 aliphatic rings. The number of allylic oxidation sites excluding steroid dienone is 3. The molecule has 0 aromatic heterocycles. The Morgan fingerprint density at radius 3 is 2.02 bits per heavy atom. The number of rotatable bonds is 6. The monoisotopic (exact) mass is 551 g/mol. The third-order valence-electron chi connectivity index (χ3n) is 6.97. The molecule has 5 rings (SSSR count). The molecule has 0 bridgehead atoms. The summed E-state index contributed by atoms with van der Waals surface area (Å²) < 4.78 is 0. The highest BCUT2D eigenvalue weighted by Gasteiger charge is 2.32. The molecule has 0 saturated heterocycles. The van der Waals surface area contributed by atoms with Gasteiger partial charge in [0, 0.05) is 5.69 Å². The minimum atomic E-state index is -1.52. The first kappa shape index (κ1) is 27.2. The zero-order valence-electron chi connectivity index (χ0n) is 22.1. The molecule has 8 nitrogen and oxygen atoms in total. The van der Waals surface area contributed by atoms with Gasteiger partial charge in [0.15, 0.2) is 28.8 Å². The minimum absolute atomic E-state index is 0.134. The molecule has 4 aromatic rings. The number of aromatic hydroxyl groups is 4. The number of anilines is 2. The van der Waals surface area contributed by atoms with Crippen LogP contribution in [-0.4, -0.2) is 41.8 Å². The fraction of sp³-hybridized carbons (Fsp3) is 0.0909. The van der Waals surface area contributed by atoms with E-state index in [2.05, 4.69) is 12.1 Å². The summed E-state index contributed by atoms with van der Waals surface area (Å²) >= 11 is 0. The summed E-state index contributed by atoms with van der Waals surface area (Å²) in [6.07, 6.45) is 7.32. The number of benzene rings is 4. The van der Waals surface area contributed by atoms with Gasteiger partial charge in [-0.3, -0.25) is 4.90 Å². The summed E-state index contributed by atoms with van der Waals surface area (Å²) in [6, 6.07) is 20.8. The highest BCUT2D eigenvalue weighted by Crippen LogP contribution is 2.57. The van der Waals surface area contributed by atoms with Gasteiger partial charge in [0.25, 0.3) is 0 Å². The molecule has 41 heavy (non-hydrogen) atoms. The Balaban J connectivity index is 1.68. The first-order valence-electron chi connectivity index (χ1n) is 12.9. The quantitative estimate of drug-likeness (QED) is 0.0790. The standard InChI is InChI=1S/C33H29NO7/c1-19(35)28(36)33(41)34(27-31(39)29(37)26(30(38)32(27)40)22-10-5-2-6-11-22)23-17-15-21(16-18-23)25-14-8-12-20-9-4-3-7-13-24(20)25/h2-8,10-19,35-41H,9H2,1H3/b33-28+. The topological polar surface area (TPSA) is 145 Å². The average Bonchev–Trinajstić information content (AvgIpc) is 3.24. The van der Waals surface area contributed by atoms with Crippen LogP contribution < -0.4 is 4.90 Å². The van der Waals surface area contributed by atoms with Crippen LogP contribution in [0.4, 0.5) is 11.4 Å². The van der Waals surface area contributed by atoms with E-state index in [0.29, 0.717) is 5.56 Å². The lowest BCUT2D eigenvalue weighted by Gasteiger charge is -2.28. The zero-order valence-corrected chi connectivity index (χ0v) is 22.1. The van der Waals surface area contributed by atoms with E-state index in [1.807, 2.05) is 30.4 Å². The smallest absolute Gasteiger partial charge is 0.238 e. The normalized spacial score (nSPS) is 13.7. The lowest BCUT2D eigenvalue weighted by atomic mass is 9.94. The van der Waals surface area contributed by atoms with Crippen LogP contribution >= 0.6 is 0 Å². The SMILES string of the molecule is CC(O)/C(O)=C(\O)N(c1ccc(-c2cccc3c2C=CC=CC3)cc1)c1c(O)c(O)c(-c2ccccc2)c(O)c1O. The number of nitrogens with zero attached hydrogens (tertiary/aromatic N) is 1. The van der Waals surface area contributed by atoms with Crippen molar-refractivity contribution in [3.8, 4) is 45.3 Å². The van der Waals surface area contributed by atoms with Crippen LogP contribution in [0.3, 0.4) is 0 Å². The summed E-state index contributed by atoms with van der Waals surface area (Å²) in [4.78, 5) is 0.833. The fourth-order valence-corrected chi connectivity index (χ4v) is 4.89. The first-order valence-corrected chi connectivity index (χ1v) is 12.9. The van der Waals surface area contributed by atoms with E-state index in [-0.39, 0.29) is 11.3 Å². The molecule has 1 unspecified atom stereocenters. The number of aliphatic hydroxyl groups excluding tert-OH is 3. The van der Waals surface area contributed by atoms with Gasteiger partial charge < -0.3 is 35.7 Å². The van der Waals surface area contributed by atoms with Crippen molar-refractivity contribution >= 4 is 17.5 Å². The average molecular weight is 552 g/mol. The predicted molar refractivity (Wildman–Crippen MR) is 158 cm³/mol. The molecule has 8 heteroatoms. The van der Waals surface area contributed by atoms with Crippen molar-refractivity contribution in [1.29, 1.82) is 0 Å². The van der Waals surface area contributed by atoms with Crippen LogP contribution in [0, 0.1) is 0 Å². The van der Waals surface area contributed by atoms with E-state index in [1.165, 1.54) is 6.92 Å². The van der Waals surface area contributed by atoms with Crippen molar-refractivity contribution in [2.24, 2.45) is 0 Å². The van der Waals surface area contributed by atoms with E-state index < -0.39 is 46.4 Å². The van der Waals surface area contributed by atoms with Crippen molar-refractivity contribution in [3.63, 3.8) is 0 Å². The number of aliphatic hydroxyl groups is 3. The Morgan fingerprint density at radius 2 is 1.39 bits per heavy atom. The molecular formula is C33H29NO7. The summed E-state index contributed by atoms with van der Waals surface area (Å²) in [5.41, 5.74) is 3.61. The summed E-state index contributed by atoms with van der Waals surface area (Å²) in [5, 5.41) is 75.5. The van der Waals surface area contributed by atoms with Crippen molar-refractivity contribution in [1.82, 2.24) is 0 Å². The molecule has 1 aliphatic carbocycles. The van der Waals surface area contributed by atoms with Crippen LogP contribution in [0.25, 0.3) is 28.3 Å². The van der Waals surface area contributed by atoms with Crippen molar-refractivity contribution in [2.75, 3.05) is 4.90 Å². The zero-order chi connectivity index (χ0) is 29.3. The lowest BCUT2D eigenvalue weighted by molar-refractivity contribution is 0.153. The number of phenols is 4. The predicted octanol–water partition coefficient (Wildman–Crippen LogP) is 6.77. The van der Waals surface area contributed by atoms with Gasteiger partial charge in [-0.15, -0.1) is 0 Å². The van der Waals surface area contributed by atoms with Gasteiger partial charge in [-0.25, -0.2) is 0 Å². The van der Waals surface area contributed by atoms with Crippen molar-refractivity contribution in [3.05, 3.63) is 114 Å². The fourth-order valence-electron chi connectivity index (χ4n) is 4.89. The van der Waals surface area contributed by atoms with Gasteiger partial charge in [-0.2, -0.15) is 0 Å². The van der Waals surface area contributed by atoms with Crippen LogP contribution in [-0.2, 0) is 6.42 Å². The van der Waals surface area contributed by atoms with E-state index >= 15 is 0 Å². The Morgan fingerprint density at radius 1 is 0.732 bits per heavy atom. The molecule has 4 aromatic carbocycles. The summed E-state index contributed by atoms with van der Waals surface area (Å²) in [6.45, 7) is 1.21. The maximum absolute atomic E-state index is 11.1. The second kappa shape index (κ2) is 11.0. The highest BCUT2D eigenvalue weighted by molar-refractivity contribution is 5.92. The molecule has 0 heterocycles. The molecule has 0 fully saturated rings. The Hall–Kier alpha value is -5.34.